The van der Waals surface area contributed by atoms with E-state index in [1.807, 2.05) is 36.4 Å². The molecule has 0 heterocycles. The monoisotopic (exact) mass is 295 g/mol. The van der Waals surface area contributed by atoms with E-state index < -0.39 is 5.97 Å². The molecule has 0 aliphatic rings. The number of rotatable bonds is 7. The second-order valence-electron chi connectivity index (χ2n) is 4.96. The average molecular weight is 295 g/mol. The molecule has 0 saturated heterocycles. The van der Waals surface area contributed by atoms with Gasteiger partial charge in [-0.25, -0.2) is 4.79 Å². The third-order valence-corrected chi connectivity index (χ3v) is 3.25. The number of hydrogen-bond donors (Lipinski definition) is 1. The molecule has 0 aliphatic heterocycles. The third kappa shape index (κ3) is 4.86. The van der Waals surface area contributed by atoms with Crippen molar-refractivity contribution >= 4 is 16.7 Å². The molecular weight excluding hydrogens is 274 g/mol. The van der Waals surface area contributed by atoms with Gasteiger partial charge in [-0.2, -0.15) is 0 Å². The normalized spacial score (nSPS) is 11.5. The topological polar surface area (TPSA) is 38.3 Å². The lowest BCUT2D eigenvalue weighted by atomic mass is 10.1. The predicted octanol–water partition coefficient (Wildman–Crippen LogP) is 4.30. The zero-order chi connectivity index (χ0) is 15.6. The van der Waals surface area contributed by atoms with E-state index in [4.69, 9.17) is 4.84 Å². The lowest BCUT2D eigenvalue weighted by Crippen LogP contribution is -2.18. The number of allylic oxidation sites excluding steroid dienone is 3. The predicted molar refractivity (Wildman–Crippen MR) is 90.1 cm³/mol. The summed E-state index contributed by atoms with van der Waals surface area (Å²) in [5, 5.41) is 2.33. The summed E-state index contributed by atoms with van der Waals surface area (Å²) in [6.07, 6.45) is 9.09. The Balaban J connectivity index is 1.84. The molecule has 0 aliphatic carbocycles. The smallest absolute Gasteiger partial charge is 0.349 e. The van der Waals surface area contributed by atoms with Crippen LogP contribution in [0.3, 0.4) is 0 Å². The number of unbranched alkanes of at least 4 members (excludes halogenated alkanes) is 1. The number of hydrogen-bond acceptors (Lipinski definition) is 3. The number of benzene rings is 2. The zero-order valence-electron chi connectivity index (χ0n) is 12.8. The van der Waals surface area contributed by atoms with Crippen molar-refractivity contribution in [3.8, 4) is 0 Å². The minimum atomic E-state index is -0.401. The van der Waals surface area contributed by atoms with Crippen molar-refractivity contribution in [2.45, 2.75) is 26.3 Å². The van der Waals surface area contributed by atoms with Crippen molar-refractivity contribution in [3.05, 3.63) is 72.3 Å². The highest BCUT2D eigenvalue weighted by molar-refractivity contribution is 5.85. The van der Waals surface area contributed by atoms with Gasteiger partial charge in [-0.15, -0.1) is 5.48 Å². The summed E-state index contributed by atoms with van der Waals surface area (Å²) in [6, 6.07) is 14.2. The van der Waals surface area contributed by atoms with Gasteiger partial charge in [-0.3, -0.25) is 0 Å². The maximum absolute atomic E-state index is 11.5. The first-order valence-corrected chi connectivity index (χ1v) is 7.54. The van der Waals surface area contributed by atoms with Gasteiger partial charge in [-0.05, 0) is 22.8 Å². The van der Waals surface area contributed by atoms with Crippen LogP contribution >= 0.6 is 0 Å². The van der Waals surface area contributed by atoms with E-state index >= 15 is 0 Å². The highest BCUT2D eigenvalue weighted by atomic mass is 16.7. The summed E-state index contributed by atoms with van der Waals surface area (Å²) >= 11 is 0. The number of hydroxylamine groups is 1. The number of carbonyl (C=O) groups excluding carboxylic acids is 1. The largest absolute Gasteiger partial charge is 0.367 e. The molecule has 0 amide bonds. The summed E-state index contributed by atoms with van der Waals surface area (Å²) in [5.41, 5.74) is 3.82. The number of nitrogens with one attached hydrogen (secondary N) is 1. The van der Waals surface area contributed by atoms with Crippen LogP contribution in [0.4, 0.5) is 0 Å². The maximum atomic E-state index is 11.5. The van der Waals surface area contributed by atoms with Gasteiger partial charge in [0.1, 0.15) is 0 Å². The third-order valence-electron chi connectivity index (χ3n) is 3.25. The van der Waals surface area contributed by atoms with E-state index in [9.17, 15) is 4.79 Å². The lowest BCUT2D eigenvalue weighted by molar-refractivity contribution is -0.145. The highest BCUT2D eigenvalue weighted by Crippen LogP contribution is 2.18. The van der Waals surface area contributed by atoms with Crippen LogP contribution in [0.15, 0.2) is 66.8 Å². The van der Waals surface area contributed by atoms with Crippen molar-refractivity contribution in [2.75, 3.05) is 0 Å². The number of fused-ring (bicyclic) bond motifs is 1. The molecule has 0 atom stereocenters. The molecule has 114 valence electrons. The standard InChI is InChI=1S/C19H21NO2/c1-2-3-4-5-6-14-19(21)22-20-15-17-12-9-11-16-10-7-8-13-18(16)17/h4-14,20H,2-3,15H2,1H3/b5-4+,14-6+. The van der Waals surface area contributed by atoms with Crippen LogP contribution in [0.5, 0.6) is 0 Å². The van der Waals surface area contributed by atoms with Crippen LogP contribution in [0, 0.1) is 0 Å². The Hall–Kier alpha value is -2.39. The first-order valence-electron chi connectivity index (χ1n) is 7.54. The van der Waals surface area contributed by atoms with Gasteiger partial charge >= 0.3 is 5.97 Å². The molecular formula is C19H21NO2. The summed E-state index contributed by atoms with van der Waals surface area (Å²) in [4.78, 5) is 16.5. The second-order valence-corrected chi connectivity index (χ2v) is 4.96. The van der Waals surface area contributed by atoms with Crippen LogP contribution < -0.4 is 5.48 Å². The van der Waals surface area contributed by atoms with E-state index in [0.717, 1.165) is 23.8 Å². The average Bonchev–Trinajstić information content (AvgIpc) is 2.55. The molecule has 0 radical (unpaired) electrons. The van der Waals surface area contributed by atoms with Crippen molar-refractivity contribution in [3.63, 3.8) is 0 Å². The molecule has 3 heteroatoms. The van der Waals surface area contributed by atoms with Crippen LogP contribution in [0.25, 0.3) is 10.8 Å². The SMILES string of the molecule is CCC/C=C/C=C/C(=O)ONCc1cccc2ccccc12. The molecule has 2 rings (SSSR count). The van der Waals surface area contributed by atoms with Crippen molar-refractivity contribution in [2.24, 2.45) is 0 Å². The molecule has 0 fully saturated rings. The van der Waals surface area contributed by atoms with Crippen LogP contribution in [0.2, 0.25) is 0 Å². The molecule has 1 N–H and O–H groups in total. The van der Waals surface area contributed by atoms with Gasteiger partial charge in [0.2, 0.25) is 0 Å². The van der Waals surface area contributed by atoms with E-state index in [0.29, 0.717) is 6.54 Å². The molecule has 0 aromatic heterocycles. The Labute approximate surface area is 131 Å². The first kappa shape index (κ1) is 16.0. The molecule has 2 aromatic rings. The Kier molecular flexibility index (Phi) is 6.39. The molecule has 0 saturated carbocycles. The first-order chi connectivity index (χ1) is 10.8. The quantitative estimate of drug-likeness (QED) is 0.470. The van der Waals surface area contributed by atoms with E-state index in [2.05, 4.69) is 30.6 Å². The fourth-order valence-corrected chi connectivity index (χ4v) is 2.14. The van der Waals surface area contributed by atoms with Crippen molar-refractivity contribution < 1.29 is 9.63 Å². The van der Waals surface area contributed by atoms with Gasteiger partial charge in [0.05, 0.1) is 6.54 Å². The van der Waals surface area contributed by atoms with Crippen LogP contribution in [-0.2, 0) is 16.2 Å². The van der Waals surface area contributed by atoms with Crippen molar-refractivity contribution in [1.82, 2.24) is 5.48 Å². The molecule has 2 aromatic carbocycles. The highest BCUT2D eigenvalue weighted by Gasteiger charge is 2.01. The van der Waals surface area contributed by atoms with E-state index in [-0.39, 0.29) is 0 Å². The summed E-state index contributed by atoms with van der Waals surface area (Å²) in [7, 11) is 0. The van der Waals surface area contributed by atoms with Gasteiger partial charge in [-0.1, -0.05) is 74.0 Å². The maximum Gasteiger partial charge on any atom is 0.349 e. The Bertz CT molecular complexity index is 669. The van der Waals surface area contributed by atoms with Gasteiger partial charge in [0, 0.05) is 6.08 Å². The molecule has 3 nitrogen and oxygen atoms in total. The van der Waals surface area contributed by atoms with E-state index in [1.165, 1.54) is 11.5 Å². The van der Waals surface area contributed by atoms with Gasteiger partial charge < -0.3 is 4.84 Å². The Morgan fingerprint density at radius 1 is 1.14 bits per heavy atom. The summed E-state index contributed by atoms with van der Waals surface area (Å²) in [6.45, 7) is 2.59. The van der Waals surface area contributed by atoms with Crippen LogP contribution in [0.1, 0.15) is 25.3 Å². The minimum Gasteiger partial charge on any atom is -0.367 e. The summed E-state index contributed by atoms with van der Waals surface area (Å²) in [5.74, 6) is -0.401. The van der Waals surface area contributed by atoms with Gasteiger partial charge in [0.25, 0.3) is 0 Å². The second kappa shape index (κ2) is 8.80. The van der Waals surface area contributed by atoms with Crippen LogP contribution in [-0.4, -0.2) is 5.97 Å². The minimum absolute atomic E-state index is 0.401. The summed E-state index contributed by atoms with van der Waals surface area (Å²) < 4.78 is 0. The van der Waals surface area contributed by atoms with Gasteiger partial charge in [0.15, 0.2) is 0 Å². The Morgan fingerprint density at radius 3 is 2.82 bits per heavy atom. The zero-order valence-corrected chi connectivity index (χ0v) is 12.8. The number of carbonyl (C=O) groups is 1. The fourth-order valence-electron chi connectivity index (χ4n) is 2.14. The molecule has 0 unspecified atom stereocenters. The Morgan fingerprint density at radius 2 is 1.95 bits per heavy atom. The lowest BCUT2D eigenvalue weighted by Gasteiger charge is -2.07. The molecule has 22 heavy (non-hydrogen) atoms. The fraction of sp³-hybridized carbons (Fsp3) is 0.211. The van der Waals surface area contributed by atoms with E-state index in [1.54, 1.807) is 6.08 Å². The van der Waals surface area contributed by atoms with Crippen molar-refractivity contribution in [1.29, 1.82) is 0 Å². The molecule has 0 spiro atoms. The molecule has 0 bridgehead atoms.